The summed E-state index contributed by atoms with van der Waals surface area (Å²) in [5, 5.41) is 0. The summed E-state index contributed by atoms with van der Waals surface area (Å²) in [6.45, 7) is 2.36. The minimum Gasteiger partial charge on any atom is -0.447 e. The highest BCUT2D eigenvalue weighted by molar-refractivity contribution is 7.98. The summed E-state index contributed by atoms with van der Waals surface area (Å²) in [6.07, 6.45) is 0.676. The Labute approximate surface area is 164 Å². The van der Waals surface area contributed by atoms with Crippen LogP contribution in [-0.4, -0.2) is 35.3 Å². The van der Waals surface area contributed by atoms with E-state index in [1.54, 1.807) is 11.8 Å². The average molecular weight is 384 g/mol. The first-order chi connectivity index (χ1) is 13.2. The van der Waals surface area contributed by atoms with Crippen molar-refractivity contribution in [1.29, 1.82) is 0 Å². The standard InChI is InChI=1S/C22H25NO3S/c1-2-18(19-11-7-4-8-12-19)13-21(24)23-20(14-26-22(23)25)16-27-15-17-9-5-3-6-10-17/h3-12,18,20H,2,13-16H2,1H3/t18-,20+/m1/s1. The largest absolute Gasteiger partial charge is 0.447 e. The highest BCUT2D eigenvalue weighted by Crippen LogP contribution is 2.27. The summed E-state index contributed by atoms with van der Waals surface area (Å²) in [5.74, 6) is 1.52. The van der Waals surface area contributed by atoms with Gasteiger partial charge in [0.25, 0.3) is 0 Å². The first kappa shape index (κ1) is 19.5. The molecule has 1 heterocycles. The van der Waals surface area contributed by atoms with Gasteiger partial charge in [0.1, 0.15) is 6.61 Å². The molecular weight excluding hydrogens is 358 g/mol. The first-order valence-corrected chi connectivity index (χ1v) is 10.5. The van der Waals surface area contributed by atoms with Gasteiger partial charge in [-0.05, 0) is 23.5 Å². The smallest absolute Gasteiger partial charge is 0.417 e. The van der Waals surface area contributed by atoms with Crippen molar-refractivity contribution in [2.24, 2.45) is 0 Å². The molecule has 0 N–H and O–H groups in total. The Bertz CT molecular complexity index is 751. The third-order valence-corrected chi connectivity index (χ3v) is 5.99. The van der Waals surface area contributed by atoms with Crippen LogP contribution >= 0.6 is 11.8 Å². The van der Waals surface area contributed by atoms with Gasteiger partial charge < -0.3 is 4.74 Å². The van der Waals surface area contributed by atoms with Gasteiger partial charge in [-0.2, -0.15) is 11.8 Å². The maximum Gasteiger partial charge on any atom is 0.417 e. The molecule has 2 atom stereocenters. The zero-order chi connectivity index (χ0) is 19.1. The number of benzene rings is 2. The fourth-order valence-electron chi connectivity index (χ4n) is 3.31. The summed E-state index contributed by atoms with van der Waals surface area (Å²) in [5.41, 5.74) is 2.37. The van der Waals surface area contributed by atoms with E-state index in [1.807, 2.05) is 48.5 Å². The van der Waals surface area contributed by atoms with Crippen LogP contribution in [0.2, 0.25) is 0 Å². The van der Waals surface area contributed by atoms with Crippen molar-refractivity contribution < 1.29 is 14.3 Å². The van der Waals surface area contributed by atoms with Crippen molar-refractivity contribution in [2.45, 2.75) is 37.5 Å². The van der Waals surface area contributed by atoms with Crippen LogP contribution in [0.1, 0.15) is 36.8 Å². The number of nitrogens with zero attached hydrogens (tertiary/aromatic N) is 1. The summed E-state index contributed by atoms with van der Waals surface area (Å²) >= 11 is 1.72. The Kier molecular flexibility index (Phi) is 6.93. The van der Waals surface area contributed by atoms with E-state index in [9.17, 15) is 9.59 Å². The van der Waals surface area contributed by atoms with Crippen molar-refractivity contribution in [1.82, 2.24) is 4.90 Å². The second-order valence-electron chi connectivity index (χ2n) is 6.72. The number of carbonyl (C=O) groups excluding carboxylic acids is 2. The topological polar surface area (TPSA) is 46.6 Å². The zero-order valence-electron chi connectivity index (χ0n) is 15.5. The van der Waals surface area contributed by atoms with E-state index in [1.165, 1.54) is 10.5 Å². The third-order valence-electron chi connectivity index (χ3n) is 4.84. The number of thioether (sulfide) groups is 1. The first-order valence-electron chi connectivity index (χ1n) is 9.34. The van der Waals surface area contributed by atoms with Crippen molar-refractivity contribution in [3.8, 4) is 0 Å². The predicted octanol–water partition coefficient (Wildman–Crippen LogP) is 4.85. The maximum atomic E-state index is 12.9. The Morgan fingerprint density at radius 1 is 1.15 bits per heavy atom. The Hall–Kier alpha value is -2.27. The molecule has 142 valence electrons. The van der Waals surface area contributed by atoms with Gasteiger partial charge in [-0.15, -0.1) is 0 Å². The molecule has 3 rings (SSSR count). The van der Waals surface area contributed by atoms with E-state index >= 15 is 0 Å². The molecule has 2 aromatic carbocycles. The zero-order valence-corrected chi connectivity index (χ0v) is 16.4. The highest BCUT2D eigenvalue weighted by atomic mass is 32.2. The normalized spacial score (nSPS) is 17.6. The monoisotopic (exact) mass is 383 g/mol. The molecule has 0 saturated carbocycles. The van der Waals surface area contributed by atoms with Gasteiger partial charge in [0.2, 0.25) is 5.91 Å². The van der Waals surface area contributed by atoms with Gasteiger partial charge in [-0.3, -0.25) is 4.79 Å². The Balaban J connectivity index is 1.58. The molecule has 2 aromatic rings. The minimum absolute atomic E-state index is 0.115. The van der Waals surface area contributed by atoms with E-state index in [0.29, 0.717) is 12.2 Å². The van der Waals surface area contributed by atoms with E-state index < -0.39 is 6.09 Å². The second-order valence-corrected chi connectivity index (χ2v) is 7.75. The molecule has 27 heavy (non-hydrogen) atoms. The lowest BCUT2D eigenvalue weighted by molar-refractivity contribution is -0.129. The summed E-state index contributed by atoms with van der Waals surface area (Å²) in [6, 6.07) is 20.0. The van der Waals surface area contributed by atoms with Crippen LogP contribution in [0.15, 0.2) is 60.7 Å². The van der Waals surface area contributed by atoms with Crippen LogP contribution in [0.3, 0.4) is 0 Å². The third kappa shape index (κ3) is 5.13. The van der Waals surface area contributed by atoms with Gasteiger partial charge in [0, 0.05) is 17.9 Å². The molecule has 5 heteroatoms. The molecule has 0 spiro atoms. The molecule has 0 aliphatic carbocycles. The summed E-state index contributed by atoms with van der Waals surface area (Å²) < 4.78 is 5.18. The van der Waals surface area contributed by atoms with E-state index in [4.69, 9.17) is 4.74 Å². The molecule has 0 unspecified atom stereocenters. The maximum absolute atomic E-state index is 12.9. The minimum atomic E-state index is -0.506. The van der Waals surface area contributed by atoms with E-state index in [2.05, 4.69) is 19.1 Å². The molecular formula is C22H25NO3S. The lowest BCUT2D eigenvalue weighted by Gasteiger charge is -2.22. The molecule has 1 fully saturated rings. The SMILES string of the molecule is CC[C@H](CC(=O)N1C(=O)OC[C@H]1CSCc1ccccc1)c1ccccc1. The van der Waals surface area contributed by atoms with Crippen molar-refractivity contribution in [3.05, 3.63) is 71.8 Å². The molecule has 4 nitrogen and oxygen atoms in total. The van der Waals surface area contributed by atoms with Crippen molar-refractivity contribution >= 4 is 23.8 Å². The van der Waals surface area contributed by atoms with Crippen LogP contribution in [-0.2, 0) is 15.3 Å². The summed E-state index contributed by atoms with van der Waals surface area (Å²) in [7, 11) is 0. The van der Waals surface area contributed by atoms with E-state index in [-0.39, 0.29) is 24.5 Å². The summed E-state index contributed by atoms with van der Waals surface area (Å²) in [4.78, 5) is 26.3. The van der Waals surface area contributed by atoms with Crippen LogP contribution in [0.4, 0.5) is 4.79 Å². The van der Waals surface area contributed by atoms with Gasteiger partial charge in [0.05, 0.1) is 6.04 Å². The van der Waals surface area contributed by atoms with Gasteiger partial charge in [0.15, 0.2) is 0 Å². The van der Waals surface area contributed by atoms with Crippen molar-refractivity contribution in [2.75, 3.05) is 12.4 Å². The van der Waals surface area contributed by atoms with Gasteiger partial charge in [-0.1, -0.05) is 67.6 Å². The number of imide groups is 1. The van der Waals surface area contributed by atoms with Crippen molar-refractivity contribution in [3.63, 3.8) is 0 Å². The van der Waals surface area contributed by atoms with E-state index in [0.717, 1.165) is 17.7 Å². The second kappa shape index (κ2) is 9.60. The average Bonchev–Trinajstić information content (AvgIpc) is 3.08. The fraction of sp³-hybridized carbons (Fsp3) is 0.364. The number of hydrogen-bond acceptors (Lipinski definition) is 4. The fourth-order valence-corrected chi connectivity index (χ4v) is 4.37. The Morgan fingerprint density at radius 3 is 2.48 bits per heavy atom. The van der Waals surface area contributed by atoms with Crippen LogP contribution in [0, 0.1) is 0 Å². The number of amides is 2. The van der Waals surface area contributed by atoms with Crippen LogP contribution in [0.25, 0.3) is 0 Å². The molecule has 1 aliphatic rings. The lowest BCUT2D eigenvalue weighted by Crippen LogP contribution is -2.41. The molecule has 0 radical (unpaired) electrons. The number of cyclic esters (lactones) is 1. The highest BCUT2D eigenvalue weighted by Gasteiger charge is 2.38. The number of carbonyl (C=O) groups is 2. The van der Waals surface area contributed by atoms with Crippen LogP contribution < -0.4 is 0 Å². The lowest BCUT2D eigenvalue weighted by atomic mass is 9.92. The molecule has 0 aromatic heterocycles. The van der Waals surface area contributed by atoms with Crippen LogP contribution in [0.5, 0.6) is 0 Å². The predicted molar refractivity (Wildman–Crippen MR) is 109 cm³/mol. The van der Waals surface area contributed by atoms with Gasteiger partial charge in [-0.25, -0.2) is 9.69 Å². The number of hydrogen-bond donors (Lipinski definition) is 0. The van der Waals surface area contributed by atoms with Gasteiger partial charge >= 0.3 is 6.09 Å². The number of rotatable bonds is 8. The quantitative estimate of drug-likeness (QED) is 0.654. The molecule has 2 amide bonds. The Morgan fingerprint density at radius 2 is 1.81 bits per heavy atom. The molecule has 1 aliphatic heterocycles. The number of ether oxygens (including phenoxy) is 1. The molecule has 0 bridgehead atoms. The molecule has 1 saturated heterocycles.